The van der Waals surface area contributed by atoms with Crippen molar-refractivity contribution in [3.05, 3.63) is 64.5 Å². The number of hydrogen-bond donors (Lipinski definition) is 2. The van der Waals surface area contributed by atoms with Gasteiger partial charge in [-0.1, -0.05) is 30.3 Å². The van der Waals surface area contributed by atoms with Crippen LogP contribution in [-0.2, 0) is 28.9 Å². The second-order valence-electron chi connectivity index (χ2n) is 7.94. The number of carbonyl (C=O) groups is 2. The summed E-state index contributed by atoms with van der Waals surface area (Å²) in [6, 6.07) is 14.3. The van der Waals surface area contributed by atoms with Crippen LogP contribution in [-0.4, -0.2) is 29.9 Å². The molecule has 0 radical (unpaired) electrons. The Balaban J connectivity index is 1.26. The van der Waals surface area contributed by atoms with Gasteiger partial charge in [0, 0.05) is 24.4 Å². The molecular weight excluding hydrogens is 422 g/mol. The summed E-state index contributed by atoms with van der Waals surface area (Å²) in [5.41, 5.74) is 5.75. The van der Waals surface area contributed by atoms with Crippen molar-refractivity contribution in [2.45, 2.75) is 39.0 Å². The third kappa shape index (κ3) is 5.95. The van der Waals surface area contributed by atoms with E-state index in [4.69, 9.17) is 4.74 Å². The minimum atomic E-state index is -0.221. The minimum Gasteiger partial charge on any atom is -0.484 e. The van der Waals surface area contributed by atoms with Crippen LogP contribution in [0.2, 0.25) is 0 Å². The van der Waals surface area contributed by atoms with E-state index < -0.39 is 0 Å². The maximum absolute atomic E-state index is 12.3. The van der Waals surface area contributed by atoms with Crippen LogP contribution in [0.4, 0.5) is 5.13 Å². The van der Waals surface area contributed by atoms with Crippen LogP contribution in [0.15, 0.2) is 47.8 Å². The number of nitrogens with one attached hydrogen (secondary N) is 2. The van der Waals surface area contributed by atoms with E-state index in [1.807, 2.05) is 29.6 Å². The molecule has 166 valence electrons. The zero-order valence-corrected chi connectivity index (χ0v) is 19.0. The molecule has 0 unspecified atom stereocenters. The molecule has 0 aliphatic heterocycles. The lowest BCUT2D eigenvalue weighted by molar-refractivity contribution is -0.119. The molecule has 2 amide bonds. The molecular formula is C25H27N3O3S. The summed E-state index contributed by atoms with van der Waals surface area (Å²) >= 11 is 1.40. The van der Waals surface area contributed by atoms with Crippen molar-refractivity contribution in [3.63, 3.8) is 0 Å². The van der Waals surface area contributed by atoms with Crippen molar-refractivity contribution >= 4 is 28.3 Å². The molecule has 3 aromatic rings. The average Bonchev–Trinajstić information content (AvgIpc) is 3.45. The Labute approximate surface area is 192 Å². The average molecular weight is 450 g/mol. The number of hydrogen-bond acceptors (Lipinski definition) is 5. The maximum atomic E-state index is 12.3. The van der Waals surface area contributed by atoms with E-state index in [0.29, 0.717) is 11.7 Å². The second-order valence-corrected chi connectivity index (χ2v) is 8.80. The monoisotopic (exact) mass is 449 g/mol. The Kier molecular flexibility index (Phi) is 7.17. The van der Waals surface area contributed by atoms with Crippen LogP contribution < -0.4 is 15.4 Å². The number of anilines is 1. The largest absolute Gasteiger partial charge is 0.484 e. The number of benzene rings is 2. The van der Waals surface area contributed by atoms with E-state index in [1.165, 1.54) is 41.4 Å². The van der Waals surface area contributed by atoms with E-state index >= 15 is 0 Å². The van der Waals surface area contributed by atoms with Gasteiger partial charge in [0.2, 0.25) is 5.91 Å². The molecule has 0 bridgehead atoms. The zero-order chi connectivity index (χ0) is 22.3. The van der Waals surface area contributed by atoms with Gasteiger partial charge in [-0.15, -0.1) is 11.3 Å². The molecule has 1 aromatic heterocycles. The smallest absolute Gasteiger partial charge is 0.264 e. The number of amides is 2. The predicted molar refractivity (Wildman–Crippen MR) is 127 cm³/mol. The Bertz CT molecular complexity index is 1090. The summed E-state index contributed by atoms with van der Waals surface area (Å²) in [5, 5.41) is 8.12. The Hall–Kier alpha value is -3.19. The zero-order valence-electron chi connectivity index (χ0n) is 18.1. The van der Waals surface area contributed by atoms with E-state index in [2.05, 4.69) is 33.8 Å². The topological polar surface area (TPSA) is 80.3 Å². The summed E-state index contributed by atoms with van der Waals surface area (Å²) in [6.45, 7) is 2.17. The molecule has 0 atom stereocenters. The highest BCUT2D eigenvalue weighted by Gasteiger charge is 2.13. The molecule has 7 heteroatoms. The van der Waals surface area contributed by atoms with Gasteiger partial charge in [-0.3, -0.25) is 14.9 Å². The van der Waals surface area contributed by atoms with E-state index in [0.717, 1.165) is 42.7 Å². The number of aromatic nitrogens is 1. The number of aryl methyl sites for hydroxylation is 3. The third-order valence-corrected chi connectivity index (χ3v) is 6.21. The lowest BCUT2D eigenvalue weighted by atomic mass is 10.1. The van der Waals surface area contributed by atoms with Crippen molar-refractivity contribution < 1.29 is 14.3 Å². The van der Waals surface area contributed by atoms with Gasteiger partial charge < -0.3 is 10.1 Å². The maximum Gasteiger partial charge on any atom is 0.264 e. The second kappa shape index (κ2) is 10.4. The highest BCUT2D eigenvalue weighted by molar-refractivity contribution is 7.14. The summed E-state index contributed by atoms with van der Waals surface area (Å²) in [6.07, 6.45) is 5.21. The van der Waals surface area contributed by atoms with Crippen molar-refractivity contribution in [2.24, 2.45) is 0 Å². The van der Waals surface area contributed by atoms with Gasteiger partial charge in [0.05, 0.1) is 5.69 Å². The van der Waals surface area contributed by atoms with E-state index in [1.54, 1.807) is 0 Å². The van der Waals surface area contributed by atoms with Crippen LogP contribution in [0.25, 0.3) is 11.3 Å². The van der Waals surface area contributed by atoms with Crippen LogP contribution in [0.3, 0.4) is 0 Å². The number of nitrogens with zero attached hydrogens (tertiary/aromatic N) is 1. The van der Waals surface area contributed by atoms with Gasteiger partial charge in [0.25, 0.3) is 5.91 Å². The Morgan fingerprint density at radius 2 is 1.91 bits per heavy atom. The molecule has 2 N–H and O–H groups in total. The van der Waals surface area contributed by atoms with Gasteiger partial charge >= 0.3 is 0 Å². The molecule has 1 aliphatic carbocycles. The predicted octanol–water partition coefficient (Wildman–Crippen LogP) is 4.39. The molecule has 0 saturated carbocycles. The summed E-state index contributed by atoms with van der Waals surface area (Å²) in [5.74, 6) is 0.514. The van der Waals surface area contributed by atoms with Crippen LogP contribution in [0, 0.1) is 0 Å². The summed E-state index contributed by atoms with van der Waals surface area (Å²) in [4.78, 5) is 27.7. The first kappa shape index (κ1) is 22.0. The molecule has 2 aromatic carbocycles. The third-order valence-electron chi connectivity index (χ3n) is 5.46. The summed E-state index contributed by atoms with van der Waals surface area (Å²) < 4.78 is 5.66. The quantitative estimate of drug-likeness (QED) is 0.475. The van der Waals surface area contributed by atoms with Crippen LogP contribution in [0.1, 0.15) is 36.5 Å². The lowest BCUT2D eigenvalue weighted by Gasteiger charge is -2.07. The van der Waals surface area contributed by atoms with Crippen LogP contribution >= 0.6 is 11.3 Å². The molecule has 0 saturated heterocycles. The standard InChI is InChI=1S/C25H27N3O3S/c1-17(29)26-13-3-4-18-7-9-20(10-8-18)23-16-32-25(27-23)28-24(30)15-31-22-12-11-19-5-2-6-21(19)14-22/h7-12,14,16H,2-6,13,15H2,1H3,(H,26,29)(H,27,28,30). The van der Waals surface area contributed by atoms with E-state index in [9.17, 15) is 9.59 Å². The van der Waals surface area contributed by atoms with Crippen molar-refractivity contribution in [2.75, 3.05) is 18.5 Å². The van der Waals surface area contributed by atoms with Gasteiger partial charge in [0.15, 0.2) is 11.7 Å². The molecule has 32 heavy (non-hydrogen) atoms. The first-order valence-corrected chi connectivity index (χ1v) is 11.8. The fraction of sp³-hybridized carbons (Fsp3) is 0.320. The number of fused-ring (bicyclic) bond motifs is 1. The number of rotatable bonds is 9. The first-order valence-electron chi connectivity index (χ1n) is 10.9. The highest BCUT2D eigenvalue weighted by atomic mass is 32.1. The van der Waals surface area contributed by atoms with E-state index in [-0.39, 0.29) is 18.4 Å². The van der Waals surface area contributed by atoms with Gasteiger partial charge in [-0.25, -0.2) is 4.98 Å². The molecule has 0 spiro atoms. The molecule has 6 nitrogen and oxygen atoms in total. The van der Waals surface area contributed by atoms with Crippen molar-refractivity contribution in [3.8, 4) is 17.0 Å². The number of ether oxygens (including phenoxy) is 1. The minimum absolute atomic E-state index is 0.00145. The normalized spacial score (nSPS) is 12.3. The SMILES string of the molecule is CC(=O)NCCCc1ccc(-c2csc(NC(=O)COc3ccc4c(c3)CCC4)n2)cc1. The van der Waals surface area contributed by atoms with Crippen molar-refractivity contribution in [1.82, 2.24) is 10.3 Å². The number of thiazole rings is 1. The number of carbonyl (C=O) groups excluding carboxylic acids is 2. The highest BCUT2D eigenvalue weighted by Crippen LogP contribution is 2.27. The molecule has 4 rings (SSSR count). The van der Waals surface area contributed by atoms with Crippen molar-refractivity contribution in [1.29, 1.82) is 0 Å². The molecule has 0 fully saturated rings. The molecule has 1 heterocycles. The Morgan fingerprint density at radius 3 is 2.72 bits per heavy atom. The lowest BCUT2D eigenvalue weighted by Crippen LogP contribution is -2.21. The fourth-order valence-electron chi connectivity index (χ4n) is 3.81. The van der Waals surface area contributed by atoms with Crippen LogP contribution in [0.5, 0.6) is 5.75 Å². The first-order chi connectivity index (χ1) is 15.6. The summed E-state index contributed by atoms with van der Waals surface area (Å²) in [7, 11) is 0. The fourth-order valence-corrected chi connectivity index (χ4v) is 4.54. The van der Waals surface area contributed by atoms with Gasteiger partial charge in [0.1, 0.15) is 5.75 Å². The van der Waals surface area contributed by atoms with Gasteiger partial charge in [-0.2, -0.15) is 0 Å². The molecule has 1 aliphatic rings. The Morgan fingerprint density at radius 1 is 1.09 bits per heavy atom. The van der Waals surface area contributed by atoms with Gasteiger partial charge in [-0.05, 0) is 60.9 Å².